The normalized spacial score (nSPS) is 13.4. The first kappa shape index (κ1) is 18.8. The van der Waals surface area contributed by atoms with Crippen molar-refractivity contribution in [1.82, 2.24) is 9.88 Å². The SMILES string of the molecule is CC(C)(C)N(C(=O)O)[C@@H](c1ccc(C(F)(F)F)cc1)c1ccccn1. The van der Waals surface area contributed by atoms with Crippen LogP contribution in [0, 0.1) is 0 Å². The zero-order valence-corrected chi connectivity index (χ0v) is 14.1. The molecule has 0 fully saturated rings. The van der Waals surface area contributed by atoms with Crippen LogP contribution in [0.15, 0.2) is 48.7 Å². The van der Waals surface area contributed by atoms with Crippen molar-refractivity contribution in [2.45, 2.75) is 38.5 Å². The maximum atomic E-state index is 12.8. The van der Waals surface area contributed by atoms with Crippen LogP contribution in [0.2, 0.25) is 0 Å². The summed E-state index contributed by atoms with van der Waals surface area (Å²) in [6, 6.07) is 8.73. The topological polar surface area (TPSA) is 53.4 Å². The average molecular weight is 352 g/mol. The largest absolute Gasteiger partial charge is 0.465 e. The van der Waals surface area contributed by atoms with Crippen molar-refractivity contribution in [3.8, 4) is 0 Å². The highest BCUT2D eigenvalue weighted by atomic mass is 19.4. The first-order chi connectivity index (χ1) is 11.5. The summed E-state index contributed by atoms with van der Waals surface area (Å²) in [5.74, 6) is 0. The molecular weight excluding hydrogens is 333 g/mol. The van der Waals surface area contributed by atoms with E-state index < -0.39 is 29.4 Å². The number of carbonyl (C=O) groups is 1. The molecule has 1 aromatic carbocycles. The van der Waals surface area contributed by atoms with E-state index in [2.05, 4.69) is 4.98 Å². The van der Waals surface area contributed by atoms with E-state index in [0.29, 0.717) is 11.3 Å². The maximum Gasteiger partial charge on any atom is 0.416 e. The molecule has 2 aromatic rings. The molecule has 1 N–H and O–H groups in total. The van der Waals surface area contributed by atoms with Crippen molar-refractivity contribution in [2.24, 2.45) is 0 Å². The molecule has 134 valence electrons. The summed E-state index contributed by atoms with van der Waals surface area (Å²) in [5, 5.41) is 9.70. The molecule has 1 atom stereocenters. The van der Waals surface area contributed by atoms with Gasteiger partial charge < -0.3 is 5.11 Å². The third kappa shape index (κ3) is 4.29. The predicted molar refractivity (Wildman–Crippen MR) is 87.1 cm³/mol. The first-order valence-electron chi connectivity index (χ1n) is 7.62. The zero-order chi connectivity index (χ0) is 18.8. The van der Waals surface area contributed by atoms with Gasteiger partial charge in [-0.1, -0.05) is 18.2 Å². The van der Waals surface area contributed by atoms with Crippen LogP contribution in [-0.4, -0.2) is 26.6 Å². The summed E-state index contributed by atoms with van der Waals surface area (Å²) in [7, 11) is 0. The van der Waals surface area contributed by atoms with Crippen molar-refractivity contribution < 1.29 is 23.1 Å². The van der Waals surface area contributed by atoms with Crippen LogP contribution < -0.4 is 0 Å². The minimum absolute atomic E-state index is 0.420. The summed E-state index contributed by atoms with van der Waals surface area (Å²) in [6.45, 7) is 5.17. The van der Waals surface area contributed by atoms with Crippen molar-refractivity contribution in [3.05, 3.63) is 65.5 Å². The highest BCUT2D eigenvalue weighted by Crippen LogP contribution is 2.35. The monoisotopic (exact) mass is 352 g/mol. The fraction of sp³-hybridized carbons (Fsp3) is 0.333. The van der Waals surface area contributed by atoms with Gasteiger partial charge in [0, 0.05) is 11.7 Å². The van der Waals surface area contributed by atoms with Crippen molar-refractivity contribution in [1.29, 1.82) is 0 Å². The van der Waals surface area contributed by atoms with Gasteiger partial charge in [-0.05, 0) is 50.6 Å². The van der Waals surface area contributed by atoms with Gasteiger partial charge in [0.05, 0.1) is 11.3 Å². The van der Waals surface area contributed by atoms with Gasteiger partial charge in [0.1, 0.15) is 6.04 Å². The Morgan fingerprint density at radius 2 is 1.68 bits per heavy atom. The fourth-order valence-electron chi connectivity index (χ4n) is 2.63. The number of hydrogen-bond donors (Lipinski definition) is 1. The van der Waals surface area contributed by atoms with E-state index >= 15 is 0 Å². The number of pyridine rings is 1. The number of carboxylic acid groups (broad SMARTS) is 1. The van der Waals surface area contributed by atoms with Crippen molar-refractivity contribution >= 4 is 6.09 Å². The van der Waals surface area contributed by atoms with E-state index in [1.807, 2.05) is 0 Å². The number of hydrogen-bond acceptors (Lipinski definition) is 2. The number of nitrogens with zero attached hydrogens (tertiary/aromatic N) is 2. The molecule has 0 aliphatic carbocycles. The van der Waals surface area contributed by atoms with E-state index in [4.69, 9.17) is 0 Å². The summed E-state index contributed by atoms with van der Waals surface area (Å²) < 4.78 is 38.4. The number of halogens is 3. The van der Waals surface area contributed by atoms with Crippen molar-refractivity contribution in [2.75, 3.05) is 0 Å². The number of alkyl halides is 3. The number of amides is 1. The molecule has 2 rings (SSSR count). The fourth-order valence-corrected chi connectivity index (χ4v) is 2.63. The molecule has 0 radical (unpaired) electrons. The van der Waals surface area contributed by atoms with Crippen LogP contribution in [0.25, 0.3) is 0 Å². The number of benzene rings is 1. The second kappa shape index (κ2) is 6.74. The van der Waals surface area contributed by atoms with Gasteiger partial charge in [-0.2, -0.15) is 13.2 Å². The highest BCUT2D eigenvalue weighted by Gasteiger charge is 2.37. The molecule has 4 nitrogen and oxygen atoms in total. The van der Waals surface area contributed by atoms with E-state index in [-0.39, 0.29) is 0 Å². The summed E-state index contributed by atoms with van der Waals surface area (Å²) in [6.07, 6.45) is -4.10. The van der Waals surface area contributed by atoms with Crippen LogP contribution in [0.4, 0.5) is 18.0 Å². The highest BCUT2D eigenvalue weighted by molar-refractivity contribution is 5.67. The molecule has 0 bridgehead atoms. The molecule has 1 aromatic heterocycles. The quantitative estimate of drug-likeness (QED) is 0.849. The maximum absolute atomic E-state index is 12.8. The standard InChI is InChI=1S/C18H19F3N2O2/c1-17(2,3)23(16(24)25)15(14-6-4-5-11-22-14)12-7-9-13(10-8-12)18(19,20)21/h4-11,15H,1-3H3,(H,24,25)/t15-/m0/s1. The summed E-state index contributed by atoms with van der Waals surface area (Å²) in [5.41, 5.74) is -0.700. The lowest BCUT2D eigenvalue weighted by Gasteiger charge is -2.39. The molecule has 0 unspecified atom stereocenters. The van der Waals surface area contributed by atoms with Gasteiger partial charge in [-0.15, -0.1) is 0 Å². The molecule has 0 saturated carbocycles. The Hall–Kier alpha value is -2.57. The molecule has 0 spiro atoms. The van der Waals surface area contributed by atoms with Crippen molar-refractivity contribution in [3.63, 3.8) is 0 Å². The Labute approximate surface area is 143 Å². The van der Waals surface area contributed by atoms with Crippen LogP contribution >= 0.6 is 0 Å². The van der Waals surface area contributed by atoms with E-state index in [0.717, 1.165) is 12.1 Å². The van der Waals surface area contributed by atoms with Crippen LogP contribution in [0.5, 0.6) is 0 Å². The molecule has 0 aliphatic heterocycles. The zero-order valence-electron chi connectivity index (χ0n) is 14.1. The van der Waals surface area contributed by atoms with Gasteiger partial charge in [-0.25, -0.2) is 4.79 Å². The minimum atomic E-state index is -4.45. The van der Waals surface area contributed by atoms with Gasteiger partial charge in [-0.3, -0.25) is 9.88 Å². The van der Waals surface area contributed by atoms with E-state index in [1.54, 1.807) is 39.0 Å². The molecule has 0 aliphatic rings. The Kier molecular flexibility index (Phi) is 5.06. The molecule has 1 heterocycles. The Balaban J connectivity index is 2.58. The van der Waals surface area contributed by atoms with E-state index in [1.165, 1.54) is 23.2 Å². The number of aromatic nitrogens is 1. The lowest BCUT2D eigenvalue weighted by Crippen LogP contribution is -2.47. The molecule has 1 amide bonds. The Bertz CT molecular complexity index is 723. The lowest BCUT2D eigenvalue weighted by molar-refractivity contribution is -0.137. The first-order valence-corrected chi connectivity index (χ1v) is 7.62. The van der Waals surface area contributed by atoms with Gasteiger partial charge in [0.25, 0.3) is 0 Å². The number of rotatable bonds is 3. The van der Waals surface area contributed by atoms with Crippen LogP contribution in [0.3, 0.4) is 0 Å². The molecule has 0 saturated heterocycles. The summed E-state index contributed by atoms with van der Waals surface area (Å²) >= 11 is 0. The van der Waals surface area contributed by atoms with E-state index in [9.17, 15) is 23.1 Å². The van der Waals surface area contributed by atoms with Gasteiger partial charge in [0.15, 0.2) is 0 Å². The molecule has 25 heavy (non-hydrogen) atoms. The average Bonchev–Trinajstić information content (AvgIpc) is 2.51. The summed E-state index contributed by atoms with van der Waals surface area (Å²) in [4.78, 5) is 17.3. The second-order valence-electron chi connectivity index (χ2n) is 6.60. The Morgan fingerprint density at radius 3 is 2.08 bits per heavy atom. The minimum Gasteiger partial charge on any atom is -0.465 e. The molecule has 7 heteroatoms. The molecular formula is C18H19F3N2O2. The van der Waals surface area contributed by atoms with Crippen LogP contribution in [-0.2, 0) is 6.18 Å². The van der Waals surface area contributed by atoms with Gasteiger partial charge >= 0.3 is 12.3 Å². The third-order valence-electron chi connectivity index (χ3n) is 3.71. The lowest BCUT2D eigenvalue weighted by atomic mass is 9.95. The second-order valence-corrected chi connectivity index (χ2v) is 6.60. The smallest absolute Gasteiger partial charge is 0.416 e. The predicted octanol–water partition coefficient (Wildman–Crippen LogP) is 4.97. The third-order valence-corrected chi connectivity index (χ3v) is 3.71. The Morgan fingerprint density at radius 1 is 1.08 bits per heavy atom. The van der Waals surface area contributed by atoms with Gasteiger partial charge in [0.2, 0.25) is 0 Å². The van der Waals surface area contributed by atoms with Crippen LogP contribution in [0.1, 0.15) is 43.6 Å².